The molecule has 0 aliphatic heterocycles. The van der Waals surface area contributed by atoms with Gasteiger partial charge in [-0.1, -0.05) is 5.57 Å². The van der Waals surface area contributed by atoms with Crippen molar-refractivity contribution in [2.75, 3.05) is 58.9 Å². The number of carbonyl (C=O) groups excluding carboxylic acids is 1. The molecule has 0 unspecified atom stereocenters. The van der Waals surface area contributed by atoms with E-state index < -0.39 is 56.0 Å². The third-order valence-electron chi connectivity index (χ3n) is 4.34. The van der Waals surface area contributed by atoms with E-state index in [1.165, 1.54) is 9.80 Å². The van der Waals surface area contributed by atoms with Crippen LogP contribution in [0.3, 0.4) is 0 Å². The number of nitrogens with one attached hydrogen (secondary N) is 1. The van der Waals surface area contributed by atoms with Gasteiger partial charge in [-0.3, -0.25) is 38.7 Å². The predicted octanol–water partition coefficient (Wildman–Crippen LogP) is -1.34. The van der Waals surface area contributed by atoms with Crippen molar-refractivity contribution >= 4 is 29.8 Å². The molecule has 13 heteroatoms. The second-order valence-electron chi connectivity index (χ2n) is 7.45. The van der Waals surface area contributed by atoms with Crippen LogP contribution in [0, 0.1) is 0 Å². The molecular formula is C19H32N4O9. The van der Waals surface area contributed by atoms with Crippen molar-refractivity contribution in [3.8, 4) is 0 Å². The molecule has 0 aliphatic rings. The van der Waals surface area contributed by atoms with Gasteiger partial charge < -0.3 is 25.7 Å². The lowest BCUT2D eigenvalue weighted by molar-refractivity contribution is -0.143. The zero-order valence-electron chi connectivity index (χ0n) is 18.5. The fourth-order valence-electron chi connectivity index (χ4n) is 2.61. The second-order valence-corrected chi connectivity index (χ2v) is 7.45. The molecule has 0 rings (SSSR count). The topological polar surface area (TPSA) is 188 Å². The lowest BCUT2D eigenvalue weighted by Gasteiger charge is -2.27. The zero-order chi connectivity index (χ0) is 24.8. The van der Waals surface area contributed by atoms with E-state index in [2.05, 4.69) is 5.32 Å². The standard InChI is InChI=1S/C19H32N4O9/c1-13(2)14(3)20-15(24)8-22(10-17(27)28)6-4-21(9-16(25)26)5-7-23(11-18(29)30)12-19(31)32/h4-12H2,1-3H3,(H,20,24)(H,25,26)(H,27,28)(H,29,30)(H,31,32). The highest BCUT2D eigenvalue weighted by Gasteiger charge is 2.19. The Morgan fingerprint density at radius 1 is 0.562 bits per heavy atom. The monoisotopic (exact) mass is 460 g/mol. The zero-order valence-corrected chi connectivity index (χ0v) is 18.5. The SMILES string of the molecule is CC(C)=C(C)NC(=O)CN(CCN(CCN(CC(=O)O)CC(=O)O)CC(=O)O)CC(=O)O. The molecule has 0 saturated carbocycles. The van der Waals surface area contributed by atoms with Gasteiger partial charge in [-0.2, -0.15) is 0 Å². The van der Waals surface area contributed by atoms with Gasteiger partial charge in [0.05, 0.1) is 32.7 Å². The van der Waals surface area contributed by atoms with E-state index in [0.29, 0.717) is 5.70 Å². The van der Waals surface area contributed by atoms with Crippen LogP contribution < -0.4 is 5.32 Å². The van der Waals surface area contributed by atoms with Gasteiger partial charge >= 0.3 is 23.9 Å². The van der Waals surface area contributed by atoms with Crippen molar-refractivity contribution in [3.05, 3.63) is 11.3 Å². The smallest absolute Gasteiger partial charge is 0.317 e. The predicted molar refractivity (Wildman–Crippen MR) is 112 cm³/mol. The van der Waals surface area contributed by atoms with Crippen LogP contribution in [0.2, 0.25) is 0 Å². The Balaban J connectivity index is 5.09. The Kier molecular flexibility index (Phi) is 13.5. The maximum absolute atomic E-state index is 12.2. The molecule has 182 valence electrons. The lowest BCUT2D eigenvalue weighted by atomic mass is 10.3. The van der Waals surface area contributed by atoms with Crippen molar-refractivity contribution in [2.24, 2.45) is 0 Å². The summed E-state index contributed by atoms with van der Waals surface area (Å²) in [4.78, 5) is 60.2. The molecule has 0 atom stereocenters. The molecule has 13 nitrogen and oxygen atoms in total. The van der Waals surface area contributed by atoms with Gasteiger partial charge in [0.2, 0.25) is 5.91 Å². The second kappa shape index (κ2) is 14.9. The van der Waals surface area contributed by atoms with E-state index in [-0.39, 0.29) is 32.7 Å². The van der Waals surface area contributed by atoms with Gasteiger partial charge in [-0.15, -0.1) is 0 Å². The Labute approximate surface area is 185 Å². The molecule has 0 fully saturated rings. The summed E-state index contributed by atoms with van der Waals surface area (Å²) in [5, 5.41) is 38.7. The average molecular weight is 460 g/mol. The number of hydrogen-bond donors (Lipinski definition) is 5. The molecule has 32 heavy (non-hydrogen) atoms. The highest BCUT2D eigenvalue weighted by molar-refractivity contribution is 5.80. The van der Waals surface area contributed by atoms with E-state index in [1.54, 1.807) is 6.92 Å². The molecule has 0 radical (unpaired) electrons. The summed E-state index contributed by atoms with van der Waals surface area (Å²) < 4.78 is 0. The van der Waals surface area contributed by atoms with Gasteiger partial charge in [0.1, 0.15) is 0 Å². The lowest BCUT2D eigenvalue weighted by Crippen LogP contribution is -2.46. The number of carboxylic acids is 4. The number of carbonyl (C=O) groups is 5. The van der Waals surface area contributed by atoms with Crippen molar-refractivity contribution in [1.29, 1.82) is 0 Å². The molecule has 5 N–H and O–H groups in total. The first kappa shape index (κ1) is 29.0. The fraction of sp³-hybridized carbons (Fsp3) is 0.632. The molecule has 0 aromatic carbocycles. The van der Waals surface area contributed by atoms with E-state index >= 15 is 0 Å². The van der Waals surface area contributed by atoms with Crippen LogP contribution in [0.4, 0.5) is 0 Å². The van der Waals surface area contributed by atoms with Crippen molar-refractivity contribution in [2.45, 2.75) is 20.8 Å². The minimum atomic E-state index is -1.22. The maximum atomic E-state index is 12.2. The Hall–Kier alpha value is -3.03. The normalized spacial score (nSPS) is 10.9. The van der Waals surface area contributed by atoms with Crippen molar-refractivity contribution < 1.29 is 44.4 Å². The summed E-state index contributed by atoms with van der Waals surface area (Å²) >= 11 is 0. The third-order valence-corrected chi connectivity index (χ3v) is 4.34. The van der Waals surface area contributed by atoms with Crippen LogP contribution in [0.15, 0.2) is 11.3 Å². The first-order valence-corrected chi connectivity index (χ1v) is 9.78. The van der Waals surface area contributed by atoms with Gasteiger partial charge in [0, 0.05) is 31.9 Å². The number of carboxylic acid groups (broad SMARTS) is 4. The van der Waals surface area contributed by atoms with Gasteiger partial charge in [0.15, 0.2) is 0 Å². The number of hydrogen-bond acceptors (Lipinski definition) is 8. The highest BCUT2D eigenvalue weighted by Crippen LogP contribution is 2.00. The number of amides is 1. The molecule has 0 saturated heterocycles. The van der Waals surface area contributed by atoms with Gasteiger partial charge in [-0.25, -0.2) is 0 Å². The molecule has 0 aliphatic carbocycles. The van der Waals surface area contributed by atoms with Crippen LogP contribution in [0.25, 0.3) is 0 Å². The fourth-order valence-corrected chi connectivity index (χ4v) is 2.61. The molecular weight excluding hydrogens is 428 g/mol. The van der Waals surface area contributed by atoms with E-state index in [1.807, 2.05) is 13.8 Å². The quantitative estimate of drug-likeness (QED) is 0.172. The van der Waals surface area contributed by atoms with Crippen LogP contribution in [0.1, 0.15) is 20.8 Å². The largest absolute Gasteiger partial charge is 0.480 e. The molecule has 0 aromatic rings. The Bertz CT molecular complexity index is 704. The van der Waals surface area contributed by atoms with Crippen LogP contribution in [0.5, 0.6) is 0 Å². The van der Waals surface area contributed by atoms with Crippen LogP contribution in [-0.2, 0) is 24.0 Å². The molecule has 0 bridgehead atoms. The van der Waals surface area contributed by atoms with E-state index in [0.717, 1.165) is 10.5 Å². The Morgan fingerprint density at radius 2 is 0.875 bits per heavy atom. The Morgan fingerprint density at radius 3 is 1.22 bits per heavy atom. The molecule has 0 aromatic heterocycles. The maximum Gasteiger partial charge on any atom is 0.317 e. The van der Waals surface area contributed by atoms with Gasteiger partial charge in [-0.05, 0) is 20.8 Å². The van der Waals surface area contributed by atoms with Crippen LogP contribution in [-0.4, -0.2) is 124 Å². The number of aliphatic carboxylic acids is 4. The third kappa shape index (κ3) is 14.9. The van der Waals surface area contributed by atoms with Crippen molar-refractivity contribution in [3.63, 3.8) is 0 Å². The molecule has 0 spiro atoms. The van der Waals surface area contributed by atoms with Crippen molar-refractivity contribution in [1.82, 2.24) is 20.0 Å². The highest BCUT2D eigenvalue weighted by atomic mass is 16.4. The molecule has 1 amide bonds. The summed E-state index contributed by atoms with van der Waals surface area (Å²) in [6.07, 6.45) is 0. The van der Waals surface area contributed by atoms with Crippen LogP contribution >= 0.6 is 0 Å². The first-order chi connectivity index (χ1) is 14.8. The summed E-state index contributed by atoms with van der Waals surface area (Å²) in [6.45, 7) is 3.35. The summed E-state index contributed by atoms with van der Waals surface area (Å²) in [5.74, 6) is -5.17. The number of allylic oxidation sites excluding steroid dienone is 2. The van der Waals surface area contributed by atoms with E-state index in [9.17, 15) is 24.0 Å². The number of rotatable bonds is 17. The molecule has 0 heterocycles. The minimum absolute atomic E-state index is 0.0228. The minimum Gasteiger partial charge on any atom is -0.480 e. The first-order valence-electron chi connectivity index (χ1n) is 9.78. The summed E-state index contributed by atoms with van der Waals surface area (Å²) in [7, 11) is 0. The van der Waals surface area contributed by atoms with Gasteiger partial charge in [0.25, 0.3) is 0 Å². The summed E-state index contributed by atoms with van der Waals surface area (Å²) in [5.41, 5.74) is 1.54. The number of nitrogens with zero attached hydrogens (tertiary/aromatic N) is 3. The van der Waals surface area contributed by atoms with E-state index in [4.69, 9.17) is 20.4 Å². The average Bonchev–Trinajstić information content (AvgIpc) is 2.61. The summed E-state index contributed by atoms with van der Waals surface area (Å²) in [6, 6.07) is 0.